The summed E-state index contributed by atoms with van der Waals surface area (Å²) in [4.78, 5) is 13.8. The van der Waals surface area contributed by atoms with Gasteiger partial charge >= 0.3 is 0 Å². The molecule has 1 fully saturated rings. The summed E-state index contributed by atoms with van der Waals surface area (Å²) in [6.45, 7) is 4.93. The van der Waals surface area contributed by atoms with Crippen LogP contribution in [0.5, 0.6) is 0 Å². The van der Waals surface area contributed by atoms with E-state index in [4.69, 9.17) is 5.73 Å². The molecule has 3 heteroatoms. The van der Waals surface area contributed by atoms with Gasteiger partial charge in [0.15, 0.2) is 0 Å². The van der Waals surface area contributed by atoms with Gasteiger partial charge in [0.2, 0.25) is 5.91 Å². The van der Waals surface area contributed by atoms with Crippen LogP contribution in [0.2, 0.25) is 0 Å². The normalized spacial score (nSPS) is 20.9. The molecule has 1 unspecified atom stereocenters. The Labute approximate surface area is 93.0 Å². The third kappa shape index (κ3) is 4.20. The van der Waals surface area contributed by atoms with Gasteiger partial charge in [0.05, 0.1) is 0 Å². The maximum absolute atomic E-state index is 11.8. The lowest BCUT2D eigenvalue weighted by Gasteiger charge is -2.16. The number of amides is 1. The second-order valence-corrected chi connectivity index (χ2v) is 4.50. The van der Waals surface area contributed by atoms with Gasteiger partial charge in [-0.3, -0.25) is 4.79 Å². The first-order chi connectivity index (χ1) is 7.27. The summed E-state index contributed by atoms with van der Waals surface area (Å²) < 4.78 is 0. The van der Waals surface area contributed by atoms with Crippen molar-refractivity contribution in [2.75, 3.05) is 19.6 Å². The zero-order valence-corrected chi connectivity index (χ0v) is 9.87. The van der Waals surface area contributed by atoms with Crippen molar-refractivity contribution in [2.45, 2.75) is 45.4 Å². The van der Waals surface area contributed by atoms with Crippen molar-refractivity contribution >= 4 is 5.91 Å². The quantitative estimate of drug-likeness (QED) is 0.682. The van der Waals surface area contributed by atoms with Crippen LogP contribution < -0.4 is 5.73 Å². The van der Waals surface area contributed by atoms with Gasteiger partial charge in [0.1, 0.15) is 0 Å². The summed E-state index contributed by atoms with van der Waals surface area (Å²) in [5.74, 6) is 1.10. The fraction of sp³-hybridized carbons (Fsp3) is 0.917. The third-order valence-electron chi connectivity index (χ3n) is 3.31. The fourth-order valence-corrected chi connectivity index (χ4v) is 2.15. The van der Waals surface area contributed by atoms with Crippen LogP contribution in [0, 0.1) is 5.92 Å². The van der Waals surface area contributed by atoms with Crippen LogP contribution in [0.4, 0.5) is 0 Å². The van der Waals surface area contributed by atoms with E-state index in [2.05, 4.69) is 6.92 Å². The second-order valence-electron chi connectivity index (χ2n) is 4.50. The zero-order valence-electron chi connectivity index (χ0n) is 9.87. The average molecular weight is 212 g/mol. The van der Waals surface area contributed by atoms with Gasteiger partial charge < -0.3 is 10.6 Å². The lowest BCUT2D eigenvalue weighted by Crippen LogP contribution is -2.28. The molecule has 0 aromatic heterocycles. The van der Waals surface area contributed by atoms with Crippen molar-refractivity contribution < 1.29 is 4.79 Å². The molecule has 0 aromatic rings. The van der Waals surface area contributed by atoms with Crippen molar-refractivity contribution in [3.8, 4) is 0 Å². The van der Waals surface area contributed by atoms with E-state index in [1.807, 2.05) is 4.90 Å². The molecule has 0 bridgehead atoms. The summed E-state index contributed by atoms with van der Waals surface area (Å²) in [6, 6.07) is 0. The Balaban J connectivity index is 2.12. The van der Waals surface area contributed by atoms with Gasteiger partial charge in [0.25, 0.3) is 0 Å². The second kappa shape index (κ2) is 6.83. The number of hydrogen-bond acceptors (Lipinski definition) is 2. The topological polar surface area (TPSA) is 46.3 Å². The summed E-state index contributed by atoms with van der Waals surface area (Å²) in [7, 11) is 0. The average Bonchev–Trinajstić information content (AvgIpc) is 2.72. The predicted octanol–water partition coefficient (Wildman–Crippen LogP) is 1.76. The Morgan fingerprint density at radius 2 is 2.20 bits per heavy atom. The number of rotatable bonds is 6. The fourth-order valence-electron chi connectivity index (χ4n) is 2.15. The van der Waals surface area contributed by atoms with Gasteiger partial charge in [-0.25, -0.2) is 0 Å². The van der Waals surface area contributed by atoms with Crippen molar-refractivity contribution in [3.05, 3.63) is 0 Å². The molecule has 0 saturated carbocycles. The molecule has 0 spiro atoms. The zero-order chi connectivity index (χ0) is 11.1. The Bertz CT molecular complexity index is 194. The monoisotopic (exact) mass is 212 g/mol. The largest absolute Gasteiger partial charge is 0.342 e. The molecule has 1 aliphatic rings. The van der Waals surface area contributed by atoms with E-state index >= 15 is 0 Å². The Kier molecular flexibility index (Phi) is 5.69. The van der Waals surface area contributed by atoms with E-state index in [0.717, 1.165) is 51.2 Å². The van der Waals surface area contributed by atoms with Crippen LogP contribution >= 0.6 is 0 Å². The van der Waals surface area contributed by atoms with Gasteiger partial charge in [-0.1, -0.05) is 19.8 Å². The minimum absolute atomic E-state index is 0.350. The number of likely N-dealkylation sites (tertiary alicyclic amines) is 1. The smallest absolute Gasteiger partial charge is 0.222 e. The number of carbonyl (C=O) groups excluding carboxylic acids is 1. The minimum atomic E-state index is 0.350. The summed E-state index contributed by atoms with van der Waals surface area (Å²) >= 11 is 0. The van der Waals surface area contributed by atoms with Crippen LogP contribution in [-0.4, -0.2) is 30.4 Å². The van der Waals surface area contributed by atoms with Gasteiger partial charge in [-0.2, -0.15) is 0 Å². The Hall–Kier alpha value is -0.570. The number of nitrogens with zero attached hydrogens (tertiary/aromatic N) is 1. The number of hydrogen-bond donors (Lipinski definition) is 1. The van der Waals surface area contributed by atoms with Crippen LogP contribution in [0.15, 0.2) is 0 Å². The van der Waals surface area contributed by atoms with Gasteiger partial charge in [0, 0.05) is 19.5 Å². The molecule has 0 aromatic carbocycles. The lowest BCUT2D eigenvalue weighted by molar-refractivity contribution is -0.130. The molecule has 1 heterocycles. The summed E-state index contributed by atoms with van der Waals surface area (Å²) in [5, 5.41) is 0. The van der Waals surface area contributed by atoms with Crippen LogP contribution in [0.3, 0.4) is 0 Å². The highest BCUT2D eigenvalue weighted by molar-refractivity contribution is 5.76. The van der Waals surface area contributed by atoms with Gasteiger partial charge in [-0.05, 0) is 31.7 Å². The first-order valence-electron chi connectivity index (χ1n) is 6.25. The molecule has 3 nitrogen and oxygen atoms in total. The number of carbonyl (C=O) groups is 1. The summed E-state index contributed by atoms with van der Waals surface area (Å²) in [5.41, 5.74) is 5.41. The molecular formula is C12H24N2O. The van der Waals surface area contributed by atoms with E-state index < -0.39 is 0 Å². The molecule has 0 aliphatic carbocycles. The Morgan fingerprint density at radius 3 is 2.80 bits per heavy atom. The van der Waals surface area contributed by atoms with E-state index in [9.17, 15) is 4.79 Å². The Morgan fingerprint density at radius 1 is 1.40 bits per heavy atom. The molecular weight excluding hydrogens is 188 g/mol. The standard InChI is InChI=1S/C12H24N2O/c1-2-11-7-9-14(10-11)12(15)6-4-3-5-8-13/h11H,2-10,13H2,1H3. The van der Waals surface area contributed by atoms with Crippen LogP contribution in [0.25, 0.3) is 0 Å². The number of nitrogens with two attached hydrogens (primary N) is 1. The highest BCUT2D eigenvalue weighted by Crippen LogP contribution is 2.20. The minimum Gasteiger partial charge on any atom is -0.342 e. The molecule has 88 valence electrons. The molecule has 1 amide bonds. The molecule has 1 atom stereocenters. The lowest BCUT2D eigenvalue weighted by atomic mass is 10.1. The van der Waals surface area contributed by atoms with E-state index in [1.165, 1.54) is 12.8 Å². The maximum Gasteiger partial charge on any atom is 0.222 e. The highest BCUT2D eigenvalue weighted by Gasteiger charge is 2.24. The molecule has 1 aliphatic heterocycles. The SMILES string of the molecule is CCC1CCN(C(=O)CCCCCN)C1. The molecule has 1 rings (SSSR count). The molecule has 0 radical (unpaired) electrons. The van der Waals surface area contributed by atoms with E-state index in [0.29, 0.717) is 5.91 Å². The van der Waals surface area contributed by atoms with E-state index in [1.54, 1.807) is 0 Å². The maximum atomic E-state index is 11.8. The molecule has 15 heavy (non-hydrogen) atoms. The van der Waals surface area contributed by atoms with Crippen molar-refractivity contribution in [3.63, 3.8) is 0 Å². The number of unbranched alkanes of at least 4 members (excludes halogenated alkanes) is 2. The van der Waals surface area contributed by atoms with Gasteiger partial charge in [-0.15, -0.1) is 0 Å². The van der Waals surface area contributed by atoms with Crippen LogP contribution in [0.1, 0.15) is 45.4 Å². The summed E-state index contributed by atoms with van der Waals surface area (Å²) in [6.07, 6.45) is 6.26. The molecule has 1 saturated heterocycles. The first-order valence-corrected chi connectivity index (χ1v) is 6.25. The molecule has 2 N–H and O–H groups in total. The highest BCUT2D eigenvalue weighted by atomic mass is 16.2. The van der Waals surface area contributed by atoms with Crippen molar-refractivity contribution in [1.29, 1.82) is 0 Å². The van der Waals surface area contributed by atoms with E-state index in [-0.39, 0.29) is 0 Å². The third-order valence-corrected chi connectivity index (χ3v) is 3.31. The van der Waals surface area contributed by atoms with Crippen LogP contribution in [-0.2, 0) is 4.79 Å². The van der Waals surface area contributed by atoms with Crippen molar-refractivity contribution in [2.24, 2.45) is 11.7 Å². The van der Waals surface area contributed by atoms with Crippen molar-refractivity contribution in [1.82, 2.24) is 4.90 Å². The first kappa shape index (κ1) is 12.5. The predicted molar refractivity (Wildman–Crippen MR) is 62.5 cm³/mol.